The van der Waals surface area contributed by atoms with Crippen molar-refractivity contribution in [2.75, 3.05) is 39.6 Å². The van der Waals surface area contributed by atoms with E-state index >= 15 is 0 Å². The van der Waals surface area contributed by atoms with Crippen molar-refractivity contribution >= 4 is 0 Å². The zero-order valence-electron chi connectivity index (χ0n) is 36.2. The summed E-state index contributed by atoms with van der Waals surface area (Å²) in [5, 5.41) is 0. The van der Waals surface area contributed by atoms with E-state index in [1.807, 2.05) is 0 Å². The SMILES string of the molecule is FC(F)(F)c1ccc(C(OCC23CO[C@H](c4ccc(C(F)(F)F)cc4)N2[C@H](c2ccc(C(F)(F)F)cc2)OC3)OCC23CO[C@H](c4ccc(C(F)(F)F)cc4)N2[C@H](c2ccc(C(F)(F)F)cc2)OC3)cc1. The summed E-state index contributed by atoms with van der Waals surface area (Å²) in [6.07, 6.45) is -29.8. The Morgan fingerprint density at radius 3 is 0.789 bits per heavy atom. The first-order valence-electron chi connectivity index (χ1n) is 21.4. The highest BCUT2D eigenvalue weighted by Crippen LogP contribution is 2.52. The molecule has 0 spiro atoms. The van der Waals surface area contributed by atoms with Crippen LogP contribution in [0.15, 0.2) is 121 Å². The van der Waals surface area contributed by atoms with Gasteiger partial charge in [0, 0.05) is 5.56 Å². The maximum atomic E-state index is 13.8. The molecule has 8 nitrogen and oxygen atoms in total. The van der Waals surface area contributed by atoms with Crippen molar-refractivity contribution in [2.45, 2.75) is 73.2 Å². The maximum Gasteiger partial charge on any atom is 0.416 e. The number of fused-ring (bicyclic) bond motifs is 2. The molecular formula is C48H37F15N2O6. The van der Waals surface area contributed by atoms with Crippen LogP contribution >= 0.6 is 0 Å². The van der Waals surface area contributed by atoms with Gasteiger partial charge in [-0.05, 0) is 82.9 Å². The molecule has 2 unspecified atom stereocenters. The zero-order chi connectivity index (χ0) is 50.9. The summed E-state index contributed by atoms with van der Waals surface area (Å²) in [5.41, 5.74) is -6.88. The number of halogens is 15. The van der Waals surface area contributed by atoms with Crippen LogP contribution in [0.3, 0.4) is 0 Å². The Kier molecular flexibility index (Phi) is 13.1. The molecule has 4 aliphatic rings. The summed E-state index contributed by atoms with van der Waals surface area (Å²) in [4.78, 5) is 3.14. The molecule has 5 aromatic rings. The lowest BCUT2D eigenvalue weighted by atomic mass is 9.99. The van der Waals surface area contributed by atoms with Gasteiger partial charge in [-0.25, -0.2) is 9.80 Å². The molecule has 0 amide bonds. The van der Waals surface area contributed by atoms with E-state index in [4.69, 9.17) is 28.4 Å². The Bertz CT molecular complexity index is 2340. The van der Waals surface area contributed by atoms with Gasteiger partial charge in [-0.3, -0.25) is 0 Å². The van der Waals surface area contributed by atoms with Crippen LogP contribution in [0.5, 0.6) is 0 Å². The molecule has 4 heterocycles. The second-order valence-corrected chi connectivity index (χ2v) is 17.5. The van der Waals surface area contributed by atoms with Crippen LogP contribution in [0.25, 0.3) is 0 Å². The van der Waals surface area contributed by atoms with Crippen LogP contribution in [0, 0.1) is 0 Å². The molecule has 0 N–H and O–H groups in total. The average Bonchev–Trinajstić information content (AvgIpc) is 4.07. The smallest absolute Gasteiger partial charge is 0.357 e. The molecule has 0 aliphatic carbocycles. The van der Waals surface area contributed by atoms with Crippen LogP contribution in [-0.4, -0.2) is 60.5 Å². The molecule has 0 aromatic heterocycles. The Labute approximate surface area is 393 Å². The number of benzene rings is 5. The van der Waals surface area contributed by atoms with E-state index in [1.54, 1.807) is 9.80 Å². The first kappa shape index (κ1) is 50.7. The number of rotatable bonds is 11. The number of hydrogen-bond donors (Lipinski definition) is 0. The molecule has 0 bridgehead atoms. The van der Waals surface area contributed by atoms with Gasteiger partial charge < -0.3 is 28.4 Å². The van der Waals surface area contributed by atoms with Crippen molar-refractivity contribution < 1.29 is 94.3 Å². The molecule has 0 saturated carbocycles. The molecule has 5 aromatic carbocycles. The highest BCUT2D eigenvalue weighted by Gasteiger charge is 2.59. The Hall–Kier alpha value is -5.27. The first-order chi connectivity index (χ1) is 33.3. The standard InChI is InChI=1S/C48H37F15N2O6/c49-44(50,51)32-11-1-27(2-12-32)37-64-38(28-3-13-33(14-4-28)45(52,53)54)67-22-42(64,21-66-37)25-70-41(31-9-19-36(20-10-31)48(61,62)63)71-26-43-23-68-39(29-5-15-34(16-6-29)46(55,56)57)65(43)40(69-24-43)30-7-17-35(18-8-30)47(58,59)60/h1-20,37-41H,21-26H2/t37-,38+,39-,40+,41?,42?,43?. The molecular weight excluding hydrogens is 986 g/mol. The van der Waals surface area contributed by atoms with Gasteiger partial charge in [0.2, 0.25) is 0 Å². The Morgan fingerprint density at radius 1 is 0.366 bits per heavy atom. The van der Waals surface area contributed by atoms with Gasteiger partial charge in [-0.1, -0.05) is 60.7 Å². The second kappa shape index (κ2) is 18.3. The number of hydrogen-bond acceptors (Lipinski definition) is 8. The molecule has 71 heavy (non-hydrogen) atoms. The molecule has 4 saturated heterocycles. The Morgan fingerprint density at radius 2 is 0.577 bits per heavy atom. The normalized spacial score (nSPS) is 26.0. The fraction of sp³-hybridized carbons (Fsp3) is 0.375. The predicted molar refractivity (Wildman–Crippen MR) is 216 cm³/mol. The van der Waals surface area contributed by atoms with Gasteiger partial charge in [-0.15, -0.1) is 0 Å². The summed E-state index contributed by atoms with van der Waals surface area (Å²) in [5.74, 6) is 0. The molecule has 0 radical (unpaired) electrons. The van der Waals surface area contributed by atoms with E-state index in [9.17, 15) is 65.9 Å². The lowest BCUT2D eigenvalue weighted by Crippen LogP contribution is -2.50. The summed E-state index contributed by atoms with van der Waals surface area (Å²) in [6, 6.07) is 19.5. The largest absolute Gasteiger partial charge is 0.416 e. The highest BCUT2D eigenvalue weighted by molar-refractivity contribution is 5.33. The van der Waals surface area contributed by atoms with Crippen molar-refractivity contribution in [3.05, 3.63) is 177 Å². The van der Waals surface area contributed by atoms with Crippen LogP contribution in [-0.2, 0) is 59.3 Å². The first-order valence-corrected chi connectivity index (χ1v) is 21.4. The lowest BCUT2D eigenvalue weighted by molar-refractivity contribution is -0.179. The number of nitrogens with zero attached hydrogens (tertiary/aromatic N) is 2. The molecule has 380 valence electrons. The molecule has 4 fully saturated rings. The number of alkyl halides is 15. The van der Waals surface area contributed by atoms with Gasteiger partial charge in [0.25, 0.3) is 0 Å². The van der Waals surface area contributed by atoms with Gasteiger partial charge in [0.05, 0.1) is 78.5 Å². The van der Waals surface area contributed by atoms with Crippen molar-refractivity contribution in [1.82, 2.24) is 9.80 Å². The van der Waals surface area contributed by atoms with E-state index in [0.29, 0.717) is 0 Å². The highest BCUT2D eigenvalue weighted by atomic mass is 19.4. The zero-order valence-corrected chi connectivity index (χ0v) is 36.2. The minimum Gasteiger partial charge on any atom is -0.357 e. The lowest BCUT2D eigenvalue weighted by Gasteiger charge is -2.36. The van der Waals surface area contributed by atoms with Crippen molar-refractivity contribution in [3.63, 3.8) is 0 Å². The van der Waals surface area contributed by atoms with E-state index in [-0.39, 0.29) is 54.2 Å². The summed E-state index contributed by atoms with van der Waals surface area (Å²) in [7, 11) is 0. The fourth-order valence-corrected chi connectivity index (χ4v) is 9.10. The van der Waals surface area contributed by atoms with Crippen molar-refractivity contribution in [2.24, 2.45) is 0 Å². The van der Waals surface area contributed by atoms with E-state index in [0.717, 1.165) is 121 Å². The molecule has 9 rings (SSSR count). The minimum absolute atomic E-state index is 0.0247. The Balaban J connectivity index is 1.04. The maximum absolute atomic E-state index is 13.8. The van der Waals surface area contributed by atoms with Crippen molar-refractivity contribution in [3.8, 4) is 0 Å². The molecule has 23 heteroatoms. The van der Waals surface area contributed by atoms with Crippen LogP contribution in [0.4, 0.5) is 65.9 Å². The van der Waals surface area contributed by atoms with Gasteiger partial charge in [-0.2, -0.15) is 65.9 Å². The average molecular weight is 1020 g/mol. The number of ether oxygens (including phenoxy) is 6. The van der Waals surface area contributed by atoms with Gasteiger partial charge in [0.15, 0.2) is 6.29 Å². The van der Waals surface area contributed by atoms with Crippen LogP contribution in [0.1, 0.15) is 86.8 Å². The summed E-state index contributed by atoms with van der Waals surface area (Å²) in [6.45, 7) is -1.90. The monoisotopic (exact) mass is 1020 g/mol. The third-order valence-electron chi connectivity index (χ3n) is 12.8. The summed E-state index contributed by atoms with van der Waals surface area (Å²) >= 11 is 0. The molecule has 6 atom stereocenters. The molecule has 4 aliphatic heterocycles. The van der Waals surface area contributed by atoms with Gasteiger partial charge in [0.1, 0.15) is 24.9 Å². The van der Waals surface area contributed by atoms with E-state index in [2.05, 4.69) is 0 Å². The van der Waals surface area contributed by atoms with Crippen LogP contribution in [0.2, 0.25) is 0 Å². The fourth-order valence-electron chi connectivity index (χ4n) is 9.10. The van der Waals surface area contributed by atoms with E-state index < -0.39 is 114 Å². The van der Waals surface area contributed by atoms with Gasteiger partial charge >= 0.3 is 30.9 Å². The van der Waals surface area contributed by atoms with Crippen molar-refractivity contribution in [1.29, 1.82) is 0 Å². The third-order valence-corrected chi connectivity index (χ3v) is 12.8. The van der Waals surface area contributed by atoms with E-state index in [1.165, 1.54) is 0 Å². The third kappa shape index (κ3) is 10.1. The quantitative estimate of drug-likeness (QED) is 0.0958. The van der Waals surface area contributed by atoms with Crippen LogP contribution < -0.4 is 0 Å². The topological polar surface area (TPSA) is 61.9 Å². The predicted octanol–water partition coefficient (Wildman–Crippen LogP) is 12.8. The summed E-state index contributed by atoms with van der Waals surface area (Å²) < 4.78 is 242. The minimum atomic E-state index is -4.76. The second-order valence-electron chi connectivity index (χ2n) is 17.5.